The fourth-order valence-electron chi connectivity index (χ4n) is 4.28. The molecule has 6 nitrogen and oxygen atoms in total. The molecule has 1 aliphatic heterocycles. The topological polar surface area (TPSA) is 74.1 Å². The third kappa shape index (κ3) is 2.51. The molecule has 3 aromatic rings. The minimum Gasteiger partial charge on any atom is -0.619 e. The third-order valence-corrected chi connectivity index (χ3v) is 5.47. The first-order valence-corrected chi connectivity index (χ1v) is 9.09. The molecular formula is C22H21N3O3. The lowest BCUT2D eigenvalue weighted by Crippen LogP contribution is -2.23. The van der Waals surface area contributed by atoms with Crippen molar-refractivity contribution in [3.63, 3.8) is 0 Å². The van der Waals surface area contributed by atoms with Gasteiger partial charge in [-0.3, -0.25) is 0 Å². The molecule has 0 spiro atoms. The highest BCUT2D eigenvalue weighted by Gasteiger charge is 2.31. The normalized spacial score (nSPS) is 14.8. The summed E-state index contributed by atoms with van der Waals surface area (Å²) in [7, 11) is 3.23. The molecule has 1 aromatic carbocycles. The maximum atomic E-state index is 11.5. The molecule has 1 unspecified atom stereocenters. The number of hydrogen-bond acceptors (Lipinski definition) is 4. The van der Waals surface area contributed by atoms with E-state index in [-0.39, 0.29) is 6.04 Å². The molecule has 0 fully saturated rings. The number of nitriles is 1. The number of methoxy groups -OCH3 is 2. The number of ether oxygens (including phenoxy) is 2. The molecule has 2 aromatic heterocycles. The van der Waals surface area contributed by atoms with Crippen LogP contribution in [-0.2, 0) is 6.42 Å². The van der Waals surface area contributed by atoms with Gasteiger partial charge in [-0.15, -0.1) is 0 Å². The Hall–Kier alpha value is -3.46. The van der Waals surface area contributed by atoms with Gasteiger partial charge in [0.05, 0.1) is 25.5 Å². The molecule has 0 bridgehead atoms. The van der Waals surface area contributed by atoms with E-state index < -0.39 is 0 Å². The standard InChI is InChI=1S/C22H21N3O3/c1-13-9-16-10-19(27-3)20(28-4)11-17(16)22-18(12-23)21(14(2)25(13)22)15-5-7-24(26)8-6-15/h5-8,10-11,13H,9H2,1-4H3. The van der Waals surface area contributed by atoms with E-state index in [0.29, 0.717) is 17.1 Å². The molecule has 0 amide bonds. The first-order valence-electron chi connectivity index (χ1n) is 9.09. The molecule has 1 atom stereocenters. The summed E-state index contributed by atoms with van der Waals surface area (Å²) >= 11 is 0. The third-order valence-electron chi connectivity index (χ3n) is 5.47. The Balaban J connectivity index is 2.04. The second-order valence-electron chi connectivity index (χ2n) is 7.03. The molecule has 142 valence electrons. The highest BCUT2D eigenvalue weighted by Crippen LogP contribution is 2.47. The van der Waals surface area contributed by atoms with Crippen LogP contribution >= 0.6 is 0 Å². The molecule has 1 aliphatic rings. The summed E-state index contributed by atoms with van der Waals surface area (Å²) < 4.78 is 13.9. The van der Waals surface area contributed by atoms with Gasteiger partial charge in [0.25, 0.3) is 0 Å². The minimum atomic E-state index is 0.189. The summed E-state index contributed by atoms with van der Waals surface area (Å²) in [5.74, 6) is 1.32. The van der Waals surface area contributed by atoms with E-state index in [9.17, 15) is 10.5 Å². The van der Waals surface area contributed by atoms with Gasteiger partial charge < -0.3 is 19.2 Å². The van der Waals surface area contributed by atoms with Crippen LogP contribution in [0.1, 0.15) is 29.8 Å². The Labute approximate surface area is 163 Å². The Morgan fingerprint density at radius 1 is 1.18 bits per heavy atom. The highest BCUT2D eigenvalue weighted by atomic mass is 16.5. The van der Waals surface area contributed by atoms with Crippen LogP contribution < -0.4 is 14.2 Å². The number of rotatable bonds is 3. The molecule has 0 saturated heterocycles. The largest absolute Gasteiger partial charge is 0.619 e. The van der Waals surface area contributed by atoms with E-state index in [0.717, 1.165) is 44.8 Å². The van der Waals surface area contributed by atoms with Crippen molar-refractivity contribution in [3.05, 3.63) is 58.7 Å². The van der Waals surface area contributed by atoms with Crippen molar-refractivity contribution in [2.45, 2.75) is 26.3 Å². The molecule has 0 saturated carbocycles. The lowest BCUT2D eigenvalue weighted by molar-refractivity contribution is -0.605. The average Bonchev–Trinajstić information content (AvgIpc) is 3.00. The van der Waals surface area contributed by atoms with Crippen LogP contribution in [0.25, 0.3) is 22.4 Å². The second-order valence-corrected chi connectivity index (χ2v) is 7.03. The van der Waals surface area contributed by atoms with Crippen molar-refractivity contribution in [1.82, 2.24) is 4.57 Å². The van der Waals surface area contributed by atoms with Gasteiger partial charge in [0.2, 0.25) is 0 Å². The summed E-state index contributed by atoms with van der Waals surface area (Å²) in [6.45, 7) is 4.18. The summed E-state index contributed by atoms with van der Waals surface area (Å²) in [5, 5.41) is 21.5. The zero-order chi connectivity index (χ0) is 20.0. The van der Waals surface area contributed by atoms with Crippen molar-refractivity contribution in [1.29, 1.82) is 5.26 Å². The van der Waals surface area contributed by atoms with E-state index in [1.807, 2.05) is 19.1 Å². The number of pyridine rings is 1. The summed E-state index contributed by atoms with van der Waals surface area (Å²) in [6.07, 6.45) is 3.74. The molecule has 0 N–H and O–H groups in total. The Kier molecular flexibility index (Phi) is 4.23. The van der Waals surface area contributed by atoms with Crippen molar-refractivity contribution in [3.8, 4) is 40.0 Å². The van der Waals surface area contributed by atoms with Gasteiger partial charge in [0, 0.05) is 35.0 Å². The number of aromatic nitrogens is 2. The van der Waals surface area contributed by atoms with Crippen LogP contribution in [0.3, 0.4) is 0 Å². The zero-order valence-corrected chi connectivity index (χ0v) is 16.3. The van der Waals surface area contributed by atoms with Gasteiger partial charge in [-0.1, -0.05) is 0 Å². The molecule has 0 radical (unpaired) electrons. The fraction of sp³-hybridized carbons (Fsp3) is 0.273. The Bertz CT molecular complexity index is 1110. The van der Waals surface area contributed by atoms with Crippen LogP contribution in [0.4, 0.5) is 0 Å². The van der Waals surface area contributed by atoms with Gasteiger partial charge in [0.1, 0.15) is 6.07 Å². The van der Waals surface area contributed by atoms with Crippen molar-refractivity contribution in [2.75, 3.05) is 14.2 Å². The minimum absolute atomic E-state index is 0.189. The van der Waals surface area contributed by atoms with Crippen LogP contribution in [0.15, 0.2) is 36.7 Å². The highest BCUT2D eigenvalue weighted by molar-refractivity contribution is 5.86. The smallest absolute Gasteiger partial charge is 0.180 e. The van der Waals surface area contributed by atoms with Crippen molar-refractivity contribution < 1.29 is 14.2 Å². The maximum Gasteiger partial charge on any atom is 0.180 e. The molecule has 4 rings (SSSR count). The van der Waals surface area contributed by atoms with E-state index in [2.05, 4.69) is 17.6 Å². The SMILES string of the molecule is COc1cc2c(cc1OC)-c1c(C#N)c(-c3cc[n+]([O-])cc3)c(C)n1C(C)C2. The van der Waals surface area contributed by atoms with Crippen LogP contribution in [0.2, 0.25) is 0 Å². The van der Waals surface area contributed by atoms with Gasteiger partial charge in [0.15, 0.2) is 23.9 Å². The molecule has 28 heavy (non-hydrogen) atoms. The predicted molar refractivity (Wildman–Crippen MR) is 105 cm³/mol. The van der Waals surface area contributed by atoms with Gasteiger partial charge in [-0.25, -0.2) is 0 Å². The molecule has 0 aliphatic carbocycles. The monoisotopic (exact) mass is 375 g/mol. The summed E-state index contributed by atoms with van der Waals surface area (Å²) in [6, 6.07) is 10.1. The van der Waals surface area contributed by atoms with E-state index in [4.69, 9.17) is 9.47 Å². The first-order chi connectivity index (χ1) is 13.5. The van der Waals surface area contributed by atoms with Crippen LogP contribution in [0.5, 0.6) is 11.5 Å². The lowest BCUT2D eigenvalue weighted by atomic mass is 9.91. The second kappa shape index (κ2) is 6.61. The average molecular weight is 375 g/mol. The Morgan fingerprint density at radius 2 is 1.82 bits per heavy atom. The van der Waals surface area contributed by atoms with Gasteiger partial charge >= 0.3 is 0 Å². The van der Waals surface area contributed by atoms with E-state index in [1.54, 1.807) is 26.4 Å². The van der Waals surface area contributed by atoms with E-state index in [1.165, 1.54) is 12.4 Å². The number of nitrogens with zero attached hydrogens (tertiary/aromatic N) is 3. The quantitative estimate of drug-likeness (QED) is 0.516. The van der Waals surface area contributed by atoms with Crippen molar-refractivity contribution >= 4 is 0 Å². The summed E-state index contributed by atoms with van der Waals surface area (Å²) in [4.78, 5) is 0. The van der Waals surface area contributed by atoms with Crippen LogP contribution in [0, 0.1) is 23.5 Å². The lowest BCUT2D eigenvalue weighted by Gasteiger charge is -2.28. The van der Waals surface area contributed by atoms with E-state index >= 15 is 0 Å². The zero-order valence-electron chi connectivity index (χ0n) is 16.3. The van der Waals surface area contributed by atoms with Crippen molar-refractivity contribution in [2.24, 2.45) is 0 Å². The molecular weight excluding hydrogens is 354 g/mol. The number of fused-ring (bicyclic) bond motifs is 3. The van der Waals surface area contributed by atoms with Gasteiger partial charge in [-0.05, 0) is 43.5 Å². The predicted octanol–water partition coefficient (Wildman–Crippen LogP) is 3.77. The van der Waals surface area contributed by atoms with Gasteiger partial charge in [-0.2, -0.15) is 9.99 Å². The van der Waals surface area contributed by atoms with Crippen LogP contribution in [-0.4, -0.2) is 18.8 Å². The Morgan fingerprint density at radius 3 is 2.43 bits per heavy atom. The molecule has 3 heterocycles. The number of benzene rings is 1. The number of hydrogen-bond donors (Lipinski definition) is 0. The molecule has 6 heteroatoms. The maximum absolute atomic E-state index is 11.5. The fourth-order valence-corrected chi connectivity index (χ4v) is 4.28. The first kappa shape index (κ1) is 17.9. The summed E-state index contributed by atoms with van der Waals surface area (Å²) in [5.41, 5.74) is 6.36.